The summed E-state index contributed by atoms with van der Waals surface area (Å²) >= 11 is 8.69. The fraction of sp³-hybridized carbons (Fsp3) is 0.333. The van der Waals surface area contributed by atoms with E-state index < -0.39 is 11.0 Å². The lowest BCUT2D eigenvalue weighted by molar-refractivity contribution is -0.386. The molecule has 1 atom stereocenters. The van der Waals surface area contributed by atoms with E-state index in [2.05, 4.69) is 15.9 Å². The summed E-state index contributed by atoms with van der Waals surface area (Å²) in [5, 5.41) is 20.7. The van der Waals surface area contributed by atoms with Crippen LogP contribution < -0.4 is 4.74 Å². The Morgan fingerprint density at radius 3 is 2.79 bits per heavy atom. The Kier molecular flexibility index (Phi) is 5.78. The molecule has 7 heteroatoms. The number of ether oxygens (including phenoxy) is 1. The van der Waals surface area contributed by atoms with Crippen LogP contribution in [0.15, 0.2) is 27.7 Å². The monoisotopic (exact) mass is 349 g/mol. The van der Waals surface area contributed by atoms with Crippen molar-refractivity contribution in [3.05, 3.63) is 43.4 Å². The Hall–Kier alpha value is -1.11. The zero-order valence-corrected chi connectivity index (χ0v) is 12.7. The molecule has 0 fully saturated rings. The standard InChI is InChI=1S/C12H13BrClNO4/c1-7(5-14)6-19-12-10(8(2)16)3-9(13)4-11(12)15(17)18/h3-5,8,16H,6H2,1-2H3/b7-5+. The summed E-state index contributed by atoms with van der Waals surface area (Å²) in [5.41, 5.74) is 2.21. The minimum Gasteiger partial charge on any atom is -0.482 e. The second kappa shape index (κ2) is 6.88. The van der Waals surface area contributed by atoms with Gasteiger partial charge < -0.3 is 9.84 Å². The third-order valence-electron chi connectivity index (χ3n) is 2.34. The van der Waals surface area contributed by atoms with Crippen LogP contribution >= 0.6 is 27.5 Å². The number of halogens is 2. The van der Waals surface area contributed by atoms with Gasteiger partial charge in [0.15, 0.2) is 0 Å². The number of benzene rings is 1. The third kappa shape index (κ3) is 4.19. The number of aliphatic hydroxyl groups excluding tert-OH is 1. The van der Waals surface area contributed by atoms with Crippen LogP contribution in [-0.4, -0.2) is 16.6 Å². The summed E-state index contributed by atoms with van der Waals surface area (Å²) in [5.74, 6) is 0.0565. The normalized spacial score (nSPS) is 13.2. The molecule has 0 heterocycles. The molecule has 0 aliphatic carbocycles. The molecule has 0 aliphatic rings. The smallest absolute Gasteiger partial charge is 0.312 e. The van der Waals surface area contributed by atoms with Crippen molar-refractivity contribution in [1.29, 1.82) is 0 Å². The highest BCUT2D eigenvalue weighted by atomic mass is 79.9. The first kappa shape index (κ1) is 15.9. The van der Waals surface area contributed by atoms with Gasteiger partial charge in [0.25, 0.3) is 0 Å². The van der Waals surface area contributed by atoms with Crippen molar-refractivity contribution >= 4 is 33.2 Å². The third-order valence-corrected chi connectivity index (χ3v) is 3.17. The van der Waals surface area contributed by atoms with Crippen molar-refractivity contribution in [2.75, 3.05) is 6.61 Å². The Morgan fingerprint density at radius 2 is 2.32 bits per heavy atom. The molecule has 0 saturated heterocycles. The predicted octanol–water partition coefficient (Wildman–Crippen LogP) is 3.93. The van der Waals surface area contributed by atoms with Gasteiger partial charge in [-0.3, -0.25) is 10.1 Å². The van der Waals surface area contributed by atoms with Gasteiger partial charge in [0.05, 0.1) is 11.0 Å². The maximum absolute atomic E-state index is 11.0. The quantitative estimate of drug-likeness (QED) is 0.645. The lowest BCUT2D eigenvalue weighted by Crippen LogP contribution is -2.06. The molecule has 1 unspecified atom stereocenters. The highest BCUT2D eigenvalue weighted by Gasteiger charge is 2.23. The number of nitro groups is 1. The van der Waals surface area contributed by atoms with Crippen molar-refractivity contribution in [3.8, 4) is 5.75 Å². The fourth-order valence-electron chi connectivity index (χ4n) is 1.42. The van der Waals surface area contributed by atoms with Gasteiger partial charge in [-0.15, -0.1) is 0 Å². The van der Waals surface area contributed by atoms with Crippen molar-refractivity contribution in [2.24, 2.45) is 0 Å². The highest BCUT2D eigenvalue weighted by molar-refractivity contribution is 9.10. The van der Waals surface area contributed by atoms with Crippen LogP contribution in [0.2, 0.25) is 0 Å². The number of aliphatic hydroxyl groups is 1. The molecule has 1 aromatic carbocycles. The highest BCUT2D eigenvalue weighted by Crippen LogP contribution is 2.38. The van der Waals surface area contributed by atoms with E-state index >= 15 is 0 Å². The van der Waals surface area contributed by atoms with Gasteiger partial charge in [0, 0.05) is 21.6 Å². The van der Waals surface area contributed by atoms with Gasteiger partial charge >= 0.3 is 5.69 Å². The molecule has 1 rings (SSSR count). The van der Waals surface area contributed by atoms with Crippen LogP contribution in [0.1, 0.15) is 25.5 Å². The second-order valence-electron chi connectivity index (χ2n) is 4.02. The zero-order chi connectivity index (χ0) is 14.6. The van der Waals surface area contributed by atoms with Crippen LogP contribution in [0, 0.1) is 10.1 Å². The molecule has 0 radical (unpaired) electrons. The van der Waals surface area contributed by atoms with Crippen LogP contribution in [0.3, 0.4) is 0 Å². The van der Waals surface area contributed by atoms with E-state index in [0.29, 0.717) is 10.0 Å². The number of rotatable bonds is 5. The molecule has 5 nitrogen and oxygen atoms in total. The molecule has 19 heavy (non-hydrogen) atoms. The molecule has 0 saturated carbocycles. The van der Waals surface area contributed by atoms with E-state index in [9.17, 15) is 15.2 Å². The number of hydrogen-bond donors (Lipinski definition) is 1. The van der Waals surface area contributed by atoms with Crippen LogP contribution in [0.4, 0.5) is 5.69 Å². The first-order valence-electron chi connectivity index (χ1n) is 5.41. The lowest BCUT2D eigenvalue weighted by Gasteiger charge is -2.14. The Labute approximate surface area is 124 Å². The maximum atomic E-state index is 11.0. The molecule has 0 bridgehead atoms. The minimum absolute atomic E-state index is 0.0565. The number of hydrogen-bond acceptors (Lipinski definition) is 4. The van der Waals surface area contributed by atoms with E-state index in [4.69, 9.17) is 16.3 Å². The van der Waals surface area contributed by atoms with E-state index in [1.54, 1.807) is 13.0 Å². The average molecular weight is 351 g/mol. The minimum atomic E-state index is -0.883. The molecule has 0 spiro atoms. The summed E-state index contributed by atoms with van der Waals surface area (Å²) in [6.45, 7) is 3.37. The van der Waals surface area contributed by atoms with Crippen molar-refractivity contribution in [1.82, 2.24) is 0 Å². The summed E-state index contributed by atoms with van der Waals surface area (Å²) in [4.78, 5) is 10.5. The second-order valence-corrected chi connectivity index (χ2v) is 5.15. The molecular formula is C12H13BrClNO4. The van der Waals surface area contributed by atoms with Crippen LogP contribution in [0.25, 0.3) is 0 Å². The van der Waals surface area contributed by atoms with Gasteiger partial charge in [-0.05, 0) is 25.5 Å². The number of nitrogens with zero attached hydrogens (tertiary/aromatic N) is 1. The molecular weight excluding hydrogens is 337 g/mol. The SMILES string of the molecule is C/C(=C\Cl)COc1c(C(C)O)cc(Br)cc1[N+](=O)[O-]. The summed E-state index contributed by atoms with van der Waals surface area (Å²) in [6.07, 6.45) is -0.883. The van der Waals surface area contributed by atoms with Gasteiger partial charge in [0.1, 0.15) is 6.61 Å². The molecule has 1 N–H and O–H groups in total. The first-order valence-corrected chi connectivity index (χ1v) is 6.64. The Balaban J connectivity index is 3.27. The first-order chi connectivity index (χ1) is 8.86. The Morgan fingerprint density at radius 1 is 1.68 bits per heavy atom. The zero-order valence-electron chi connectivity index (χ0n) is 10.4. The van der Waals surface area contributed by atoms with Crippen molar-refractivity contribution in [2.45, 2.75) is 20.0 Å². The summed E-state index contributed by atoms with van der Waals surface area (Å²) in [6, 6.07) is 2.92. The maximum Gasteiger partial charge on any atom is 0.312 e. The van der Waals surface area contributed by atoms with E-state index in [-0.39, 0.29) is 18.0 Å². The van der Waals surface area contributed by atoms with Gasteiger partial charge in [-0.2, -0.15) is 0 Å². The molecule has 1 aromatic rings. The topological polar surface area (TPSA) is 72.6 Å². The summed E-state index contributed by atoms with van der Waals surface area (Å²) in [7, 11) is 0. The van der Waals surface area contributed by atoms with Crippen LogP contribution in [-0.2, 0) is 0 Å². The largest absolute Gasteiger partial charge is 0.482 e. The van der Waals surface area contributed by atoms with Crippen molar-refractivity contribution < 1.29 is 14.8 Å². The Bertz CT molecular complexity index is 517. The number of nitro benzene ring substituents is 1. The van der Waals surface area contributed by atoms with Crippen LogP contribution in [0.5, 0.6) is 5.75 Å². The van der Waals surface area contributed by atoms with E-state index in [0.717, 1.165) is 5.57 Å². The predicted molar refractivity (Wildman–Crippen MR) is 76.5 cm³/mol. The van der Waals surface area contributed by atoms with E-state index in [1.807, 2.05) is 0 Å². The molecule has 0 aromatic heterocycles. The lowest BCUT2D eigenvalue weighted by atomic mass is 10.1. The summed E-state index contributed by atoms with van der Waals surface area (Å²) < 4.78 is 5.93. The van der Waals surface area contributed by atoms with Crippen molar-refractivity contribution in [3.63, 3.8) is 0 Å². The van der Waals surface area contributed by atoms with Gasteiger partial charge in [-0.25, -0.2) is 0 Å². The molecule has 104 valence electrons. The van der Waals surface area contributed by atoms with Gasteiger partial charge in [0.2, 0.25) is 5.75 Å². The van der Waals surface area contributed by atoms with Gasteiger partial charge in [-0.1, -0.05) is 27.5 Å². The molecule has 0 amide bonds. The van der Waals surface area contributed by atoms with E-state index in [1.165, 1.54) is 18.5 Å². The fourth-order valence-corrected chi connectivity index (χ4v) is 1.95. The average Bonchev–Trinajstić information content (AvgIpc) is 2.35. The molecule has 0 aliphatic heterocycles.